The zero-order chi connectivity index (χ0) is 32.4. The minimum absolute atomic E-state index is 0.342. The molecule has 0 aliphatic rings. The van der Waals surface area contributed by atoms with E-state index in [-0.39, 0.29) is 5.79 Å². The fourth-order valence-corrected chi connectivity index (χ4v) is 7.17. The third kappa shape index (κ3) is 29.3. The third-order valence-electron chi connectivity index (χ3n) is 10.4. The third-order valence-corrected chi connectivity index (χ3v) is 10.4. The van der Waals surface area contributed by atoms with Crippen LogP contribution in [0.25, 0.3) is 0 Å². The monoisotopic (exact) mass is 623 g/mol. The molecule has 0 radical (unpaired) electrons. The fraction of sp³-hybridized carbons (Fsp3) is 1.00. The average molecular weight is 623 g/mol. The fourth-order valence-electron chi connectivity index (χ4n) is 7.17. The summed E-state index contributed by atoms with van der Waals surface area (Å²) in [6, 6.07) is 0. The molecule has 0 amide bonds. The van der Waals surface area contributed by atoms with Crippen molar-refractivity contribution >= 4 is 0 Å². The SMILES string of the molecule is CCCCCCCCCC(C)CCCCCCCCC(CCCCCCCCC(C)CCCCCCCCC)(OC)OCC. The Balaban J connectivity index is 3.77. The van der Waals surface area contributed by atoms with Gasteiger partial charge in [0.05, 0.1) is 0 Å². The van der Waals surface area contributed by atoms with Crippen molar-refractivity contribution < 1.29 is 9.47 Å². The Labute approximate surface area is 280 Å². The first-order valence-corrected chi connectivity index (χ1v) is 20.7. The van der Waals surface area contributed by atoms with Gasteiger partial charge in [-0.3, -0.25) is 0 Å². The van der Waals surface area contributed by atoms with E-state index in [1.807, 2.05) is 7.11 Å². The number of hydrogen-bond donors (Lipinski definition) is 0. The quantitative estimate of drug-likeness (QED) is 0.0507. The molecule has 0 saturated carbocycles. The maximum atomic E-state index is 6.23. The van der Waals surface area contributed by atoms with Gasteiger partial charge in [0.15, 0.2) is 5.79 Å². The van der Waals surface area contributed by atoms with E-state index in [2.05, 4.69) is 34.6 Å². The van der Waals surface area contributed by atoms with Gasteiger partial charge in [-0.15, -0.1) is 0 Å². The van der Waals surface area contributed by atoms with Crippen LogP contribution in [0.2, 0.25) is 0 Å². The van der Waals surface area contributed by atoms with E-state index in [9.17, 15) is 0 Å². The van der Waals surface area contributed by atoms with Crippen LogP contribution in [0.4, 0.5) is 0 Å². The number of ether oxygens (including phenoxy) is 2. The van der Waals surface area contributed by atoms with Gasteiger partial charge >= 0.3 is 0 Å². The van der Waals surface area contributed by atoms with Gasteiger partial charge in [-0.05, 0) is 31.6 Å². The molecule has 266 valence electrons. The summed E-state index contributed by atoms with van der Waals surface area (Å²) in [5.41, 5.74) is 0. The van der Waals surface area contributed by atoms with Crippen LogP contribution in [0, 0.1) is 11.8 Å². The summed E-state index contributed by atoms with van der Waals surface area (Å²) in [6.45, 7) is 12.4. The predicted octanol–water partition coefficient (Wildman–Crippen LogP) is 15.2. The molecule has 0 spiro atoms. The Bertz CT molecular complexity index is 492. The molecule has 0 aromatic heterocycles. The minimum atomic E-state index is -0.342. The summed E-state index contributed by atoms with van der Waals surface area (Å²) < 4.78 is 12.3. The van der Waals surface area contributed by atoms with Gasteiger partial charge in [0.1, 0.15) is 0 Å². The van der Waals surface area contributed by atoms with Gasteiger partial charge in [-0.1, -0.05) is 207 Å². The van der Waals surface area contributed by atoms with E-state index in [1.165, 1.54) is 193 Å². The van der Waals surface area contributed by atoms with Crippen molar-refractivity contribution in [3.8, 4) is 0 Å². The maximum absolute atomic E-state index is 6.23. The van der Waals surface area contributed by atoms with Crippen LogP contribution in [-0.4, -0.2) is 19.5 Å². The second-order valence-electron chi connectivity index (χ2n) is 14.9. The Hall–Kier alpha value is -0.0800. The molecule has 0 fully saturated rings. The van der Waals surface area contributed by atoms with Crippen molar-refractivity contribution in [1.29, 1.82) is 0 Å². The smallest absolute Gasteiger partial charge is 0.167 e. The van der Waals surface area contributed by atoms with Crippen LogP contribution >= 0.6 is 0 Å². The summed E-state index contributed by atoms with van der Waals surface area (Å²) in [5, 5.41) is 0. The molecule has 0 heterocycles. The highest BCUT2D eigenvalue weighted by atomic mass is 16.7. The van der Waals surface area contributed by atoms with Crippen molar-refractivity contribution in [2.45, 2.75) is 246 Å². The van der Waals surface area contributed by atoms with Gasteiger partial charge in [-0.25, -0.2) is 0 Å². The molecule has 0 saturated heterocycles. The Morgan fingerprint density at radius 3 is 0.932 bits per heavy atom. The van der Waals surface area contributed by atoms with Crippen molar-refractivity contribution in [2.75, 3.05) is 13.7 Å². The zero-order valence-electron chi connectivity index (χ0n) is 31.8. The van der Waals surface area contributed by atoms with Crippen LogP contribution in [0.15, 0.2) is 0 Å². The van der Waals surface area contributed by atoms with E-state index in [1.54, 1.807) is 0 Å². The minimum Gasteiger partial charge on any atom is -0.353 e. The van der Waals surface area contributed by atoms with E-state index < -0.39 is 0 Å². The predicted molar refractivity (Wildman–Crippen MR) is 199 cm³/mol. The second-order valence-corrected chi connectivity index (χ2v) is 14.9. The lowest BCUT2D eigenvalue weighted by atomic mass is 9.95. The van der Waals surface area contributed by atoms with E-state index in [0.29, 0.717) is 0 Å². The molecule has 2 heteroatoms. The summed E-state index contributed by atoms with van der Waals surface area (Å²) in [7, 11) is 1.87. The van der Waals surface area contributed by atoms with Gasteiger partial charge < -0.3 is 9.47 Å². The Kier molecular flexibility index (Phi) is 34.2. The summed E-state index contributed by atoms with van der Waals surface area (Å²) in [4.78, 5) is 0. The molecular formula is C42H86O2. The van der Waals surface area contributed by atoms with Crippen LogP contribution in [-0.2, 0) is 9.47 Å². The summed E-state index contributed by atoms with van der Waals surface area (Å²) >= 11 is 0. The van der Waals surface area contributed by atoms with Gasteiger partial charge in [0.2, 0.25) is 0 Å². The number of unbranched alkanes of at least 4 members (excludes halogenated alkanes) is 22. The lowest BCUT2D eigenvalue weighted by Crippen LogP contribution is -2.35. The molecule has 2 unspecified atom stereocenters. The van der Waals surface area contributed by atoms with Crippen molar-refractivity contribution in [1.82, 2.24) is 0 Å². The number of hydrogen-bond acceptors (Lipinski definition) is 2. The zero-order valence-corrected chi connectivity index (χ0v) is 31.8. The molecule has 0 bridgehead atoms. The molecular weight excluding hydrogens is 536 g/mol. The van der Waals surface area contributed by atoms with E-state index >= 15 is 0 Å². The molecule has 2 nitrogen and oxygen atoms in total. The van der Waals surface area contributed by atoms with E-state index in [4.69, 9.17) is 9.47 Å². The normalized spacial score (nSPS) is 14.6. The molecule has 0 aromatic carbocycles. The second kappa shape index (κ2) is 34.3. The molecule has 2 atom stereocenters. The van der Waals surface area contributed by atoms with E-state index in [0.717, 1.165) is 31.3 Å². The summed E-state index contributed by atoms with van der Waals surface area (Å²) in [6.07, 6.45) is 44.3. The van der Waals surface area contributed by atoms with Crippen molar-refractivity contribution in [2.24, 2.45) is 11.8 Å². The highest BCUT2D eigenvalue weighted by Gasteiger charge is 2.29. The first-order valence-electron chi connectivity index (χ1n) is 20.7. The highest BCUT2D eigenvalue weighted by molar-refractivity contribution is 4.71. The Morgan fingerprint density at radius 2 is 0.659 bits per heavy atom. The molecule has 0 aliphatic carbocycles. The summed E-state index contributed by atoms with van der Waals surface area (Å²) in [5.74, 6) is 1.51. The number of rotatable bonds is 37. The molecule has 0 N–H and O–H groups in total. The highest BCUT2D eigenvalue weighted by Crippen LogP contribution is 2.28. The molecule has 0 aliphatic heterocycles. The van der Waals surface area contributed by atoms with Gasteiger partial charge in [0.25, 0.3) is 0 Å². The largest absolute Gasteiger partial charge is 0.353 e. The maximum Gasteiger partial charge on any atom is 0.167 e. The van der Waals surface area contributed by atoms with Gasteiger partial charge in [0, 0.05) is 26.6 Å². The topological polar surface area (TPSA) is 18.5 Å². The van der Waals surface area contributed by atoms with Crippen LogP contribution in [0.5, 0.6) is 0 Å². The van der Waals surface area contributed by atoms with Gasteiger partial charge in [-0.2, -0.15) is 0 Å². The first-order chi connectivity index (χ1) is 21.5. The molecule has 0 rings (SSSR count). The standard InChI is InChI=1S/C42H86O2/c1-7-10-12-14-16-22-28-34-40(4)36-30-24-18-20-26-32-38-42(43-6,44-9-3)39-33-27-21-19-25-31-37-41(5)35-29-23-17-15-13-11-8-2/h40-41H,7-39H2,1-6H3. The number of methoxy groups -OCH3 is 1. The average Bonchev–Trinajstić information content (AvgIpc) is 3.02. The first kappa shape index (κ1) is 43.9. The van der Waals surface area contributed by atoms with Crippen molar-refractivity contribution in [3.63, 3.8) is 0 Å². The lowest BCUT2D eigenvalue weighted by Gasteiger charge is -2.32. The van der Waals surface area contributed by atoms with Crippen LogP contribution in [0.1, 0.15) is 240 Å². The Morgan fingerprint density at radius 1 is 0.386 bits per heavy atom. The van der Waals surface area contributed by atoms with Crippen molar-refractivity contribution in [3.05, 3.63) is 0 Å². The van der Waals surface area contributed by atoms with Crippen LogP contribution in [0.3, 0.4) is 0 Å². The lowest BCUT2D eigenvalue weighted by molar-refractivity contribution is -0.229. The molecule has 44 heavy (non-hydrogen) atoms. The molecule has 0 aromatic rings. The van der Waals surface area contributed by atoms with Crippen LogP contribution < -0.4 is 0 Å².